The Morgan fingerprint density at radius 2 is 1.50 bits per heavy atom. The molecule has 1 heterocycles. The monoisotopic (exact) mass is 250 g/mol. The van der Waals surface area contributed by atoms with Crippen molar-refractivity contribution in [2.75, 3.05) is 0 Å². The third-order valence-corrected chi connectivity index (χ3v) is 3.48. The van der Waals surface area contributed by atoms with Crippen LogP contribution in [0.1, 0.15) is 69.1 Å². The molecule has 0 fully saturated rings. The third kappa shape index (κ3) is 3.47. The van der Waals surface area contributed by atoms with Crippen LogP contribution in [-0.4, -0.2) is 0 Å². The molecular formula is C16H26O2. The van der Waals surface area contributed by atoms with Crippen LogP contribution < -0.4 is 5.43 Å². The zero-order valence-electron chi connectivity index (χ0n) is 12.3. The predicted octanol–water partition coefficient (Wildman–Crippen LogP) is 4.20. The van der Waals surface area contributed by atoms with Crippen molar-refractivity contribution in [3.8, 4) is 0 Å². The van der Waals surface area contributed by atoms with Crippen LogP contribution in [0.5, 0.6) is 0 Å². The third-order valence-electron chi connectivity index (χ3n) is 3.48. The lowest BCUT2D eigenvalue weighted by atomic mass is 10.0. The van der Waals surface area contributed by atoms with E-state index in [1.165, 1.54) is 0 Å². The average Bonchev–Trinajstić information content (AvgIpc) is 2.38. The van der Waals surface area contributed by atoms with Crippen LogP contribution >= 0.6 is 0 Å². The molecule has 0 unspecified atom stereocenters. The molecule has 0 aliphatic rings. The number of hydrogen-bond donors (Lipinski definition) is 0. The van der Waals surface area contributed by atoms with Gasteiger partial charge >= 0.3 is 0 Å². The normalized spacial score (nSPS) is 10.9. The largest absolute Gasteiger partial charge is 0.465 e. The van der Waals surface area contributed by atoms with Gasteiger partial charge in [0.1, 0.15) is 11.5 Å². The predicted molar refractivity (Wildman–Crippen MR) is 76.3 cm³/mol. The Morgan fingerprint density at radius 3 is 2.00 bits per heavy atom. The number of rotatable bonds is 7. The van der Waals surface area contributed by atoms with Crippen LogP contribution in [0.2, 0.25) is 0 Å². The molecule has 0 bridgehead atoms. The van der Waals surface area contributed by atoms with Crippen molar-refractivity contribution in [1.29, 1.82) is 0 Å². The van der Waals surface area contributed by atoms with E-state index in [1.54, 1.807) is 0 Å². The highest BCUT2D eigenvalue weighted by atomic mass is 16.3. The summed E-state index contributed by atoms with van der Waals surface area (Å²) in [5, 5.41) is 0. The summed E-state index contributed by atoms with van der Waals surface area (Å²) < 4.78 is 6.02. The first-order valence-corrected chi connectivity index (χ1v) is 7.29. The lowest BCUT2D eigenvalue weighted by molar-refractivity contribution is 0.423. The van der Waals surface area contributed by atoms with Crippen LogP contribution in [0.4, 0.5) is 0 Å². The maximum atomic E-state index is 12.3. The van der Waals surface area contributed by atoms with E-state index in [0.29, 0.717) is 0 Å². The first kappa shape index (κ1) is 15.0. The number of aryl methyl sites for hydroxylation is 2. The van der Waals surface area contributed by atoms with Gasteiger partial charge in [0.05, 0.1) is 0 Å². The zero-order chi connectivity index (χ0) is 13.5. The second kappa shape index (κ2) is 7.40. The molecule has 0 aliphatic heterocycles. The van der Waals surface area contributed by atoms with Crippen LogP contribution in [-0.2, 0) is 19.3 Å². The summed E-state index contributed by atoms with van der Waals surface area (Å²) in [7, 11) is 0. The fourth-order valence-corrected chi connectivity index (χ4v) is 2.24. The highest BCUT2D eigenvalue weighted by molar-refractivity contribution is 5.27. The molecule has 0 aliphatic carbocycles. The van der Waals surface area contributed by atoms with Crippen molar-refractivity contribution in [2.24, 2.45) is 0 Å². The van der Waals surface area contributed by atoms with E-state index < -0.39 is 0 Å². The highest BCUT2D eigenvalue weighted by Gasteiger charge is 2.14. The summed E-state index contributed by atoms with van der Waals surface area (Å²) in [5.41, 5.74) is 1.92. The van der Waals surface area contributed by atoms with Crippen molar-refractivity contribution >= 4 is 0 Å². The molecule has 102 valence electrons. The van der Waals surface area contributed by atoms with Crippen LogP contribution in [0.15, 0.2) is 9.21 Å². The average molecular weight is 250 g/mol. The fraction of sp³-hybridized carbons (Fsp3) is 0.688. The van der Waals surface area contributed by atoms with Crippen molar-refractivity contribution in [3.05, 3.63) is 32.9 Å². The minimum atomic E-state index is 0.209. The van der Waals surface area contributed by atoms with Gasteiger partial charge in [-0.1, -0.05) is 33.6 Å². The van der Waals surface area contributed by atoms with Gasteiger partial charge in [-0.15, -0.1) is 0 Å². The van der Waals surface area contributed by atoms with Gasteiger partial charge in [-0.2, -0.15) is 0 Å². The Bertz CT molecular complexity index is 429. The van der Waals surface area contributed by atoms with Crippen LogP contribution in [0, 0.1) is 6.92 Å². The number of unbranched alkanes of at least 4 members (excludes halogenated alkanes) is 2. The van der Waals surface area contributed by atoms with E-state index in [4.69, 9.17) is 4.42 Å². The lowest BCUT2D eigenvalue weighted by Gasteiger charge is -2.11. The summed E-state index contributed by atoms with van der Waals surface area (Å²) in [6.07, 6.45) is 6.99. The molecule has 0 atom stereocenters. The summed E-state index contributed by atoms with van der Waals surface area (Å²) in [6.45, 7) is 8.26. The molecule has 1 aromatic rings. The minimum absolute atomic E-state index is 0.209. The van der Waals surface area contributed by atoms with Gasteiger partial charge in [0.25, 0.3) is 0 Å². The zero-order valence-corrected chi connectivity index (χ0v) is 12.3. The van der Waals surface area contributed by atoms with Gasteiger partial charge in [-0.3, -0.25) is 4.79 Å². The minimum Gasteiger partial charge on any atom is -0.465 e. The molecule has 0 aromatic carbocycles. The van der Waals surface area contributed by atoms with E-state index in [1.807, 2.05) is 13.8 Å². The fourth-order valence-electron chi connectivity index (χ4n) is 2.24. The second-order valence-electron chi connectivity index (χ2n) is 4.94. The van der Waals surface area contributed by atoms with Gasteiger partial charge in [0.2, 0.25) is 0 Å². The molecular weight excluding hydrogens is 224 g/mol. The standard InChI is InChI=1S/C16H26O2/c1-5-8-10-14-12(4)16(17)13(7-3)15(18-14)11-9-6-2/h5-11H2,1-4H3. The van der Waals surface area contributed by atoms with Crippen LogP contribution in [0.3, 0.4) is 0 Å². The van der Waals surface area contributed by atoms with Crippen molar-refractivity contribution in [1.82, 2.24) is 0 Å². The van der Waals surface area contributed by atoms with Gasteiger partial charge in [0.15, 0.2) is 5.43 Å². The second-order valence-corrected chi connectivity index (χ2v) is 4.94. The maximum Gasteiger partial charge on any atom is 0.191 e. The van der Waals surface area contributed by atoms with E-state index in [-0.39, 0.29) is 5.43 Å². The molecule has 0 saturated heterocycles. The Morgan fingerprint density at radius 1 is 0.944 bits per heavy atom. The topological polar surface area (TPSA) is 30.2 Å². The molecule has 2 heteroatoms. The highest BCUT2D eigenvalue weighted by Crippen LogP contribution is 2.17. The molecule has 2 nitrogen and oxygen atoms in total. The van der Waals surface area contributed by atoms with E-state index in [2.05, 4.69) is 13.8 Å². The number of hydrogen-bond acceptors (Lipinski definition) is 2. The Hall–Kier alpha value is -1.05. The summed E-state index contributed by atoms with van der Waals surface area (Å²) in [6, 6.07) is 0. The Kier molecular flexibility index (Phi) is 6.17. The molecule has 1 aromatic heterocycles. The first-order chi connectivity index (χ1) is 8.65. The molecule has 0 saturated carbocycles. The quantitative estimate of drug-likeness (QED) is 0.726. The Labute approximate surface area is 110 Å². The molecule has 0 spiro atoms. The smallest absolute Gasteiger partial charge is 0.191 e. The molecule has 0 radical (unpaired) electrons. The maximum absolute atomic E-state index is 12.3. The van der Waals surface area contributed by atoms with E-state index in [0.717, 1.165) is 67.6 Å². The summed E-state index contributed by atoms with van der Waals surface area (Å²) >= 11 is 0. The van der Waals surface area contributed by atoms with E-state index >= 15 is 0 Å². The van der Waals surface area contributed by atoms with Gasteiger partial charge in [0, 0.05) is 24.0 Å². The first-order valence-electron chi connectivity index (χ1n) is 7.29. The van der Waals surface area contributed by atoms with Crippen molar-refractivity contribution in [2.45, 2.75) is 72.6 Å². The van der Waals surface area contributed by atoms with E-state index in [9.17, 15) is 4.79 Å². The molecule has 1 rings (SSSR count). The molecule has 18 heavy (non-hydrogen) atoms. The van der Waals surface area contributed by atoms with Gasteiger partial charge in [-0.05, 0) is 26.2 Å². The van der Waals surface area contributed by atoms with Gasteiger partial charge in [-0.25, -0.2) is 0 Å². The summed E-state index contributed by atoms with van der Waals surface area (Å²) in [5.74, 6) is 1.84. The van der Waals surface area contributed by atoms with Crippen molar-refractivity contribution in [3.63, 3.8) is 0 Å². The van der Waals surface area contributed by atoms with Crippen LogP contribution in [0.25, 0.3) is 0 Å². The molecule has 0 amide bonds. The Balaban J connectivity index is 3.14. The summed E-state index contributed by atoms with van der Waals surface area (Å²) in [4.78, 5) is 12.3. The van der Waals surface area contributed by atoms with Gasteiger partial charge < -0.3 is 4.42 Å². The SMILES string of the molecule is CCCCc1oc(CCCC)c(CC)c(=O)c1C. The van der Waals surface area contributed by atoms with Crippen molar-refractivity contribution < 1.29 is 4.42 Å². The lowest BCUT2D eigenvalue weighted by Crippen LogP contribution is -2.17. The molecule has 0 N–H and O–H groups in total.